The van der Waals surface area contributed by atoms with E-state index in [0.717, 1.165) is 23.2 Å². The van der Waals surface area contributed by atoms with Crippen molar-refractivity contribution >= 4 is 18.3 Å². The highest BCUT2D eigenvalue weighted by molar-refractivity contribution is 5.89. The van der Waals surface area contributed by atoms with Gasteiger partial charge in [0.1, 0.15) is 5.54 Å². The van der Waals surface area contributed by atoms with Gasteiger partial charge in [-0.1, -0.05) is 43.4 Å². The number of rotatable bonds is 4. The topological polar surface area (TPSA) is 71.5 Å². The van der Waals surface area contributed by atoms with Crippen molar-refractivity contribution in [3.8, 4) is 0 Å². The van der Waals surface area contributed by atoms with Crippen LogP contribution in [0.5, 0.6) is 0 Å². The predicted molar refractivity (Wildman–Crippen MR) is 123 cm³/mol. The van der Waals surface area contributed by atoms with Gasteiger partial charge < -0.3 is 9.72 Å². The number of ether oxygens (including phenoxy) is 1. The standard InChI is InChI=1S/C26H26N2O3/c1-4-21-20-10-7-17(2)26(21,22-13-14-24(29)28-23(22)16-20)27-15-5-6-18-8-11-19(12-9-18)25(30)31-3/h4-15,17,20H,16H2,1-3H3,(H,28,29)/b6-5+,21-4?,27-15?. The lowest BCUT2D eigenvalue weighted by Crippen LogP contribution is -2.44. The quantitative estimate of drug-likeness (QED) is 0.456. The summed E-state index contributed by atoms with van der Waals surface area (Å²) in [6, 6.07) is 10.7. The molecule has 0 fully saturated rings. The van der Waals surface area contributed by atoms with Crippen molar-refractivity contribution in [1.82, 2.24) is 4.98 Å². The van der Waals surface area contributed by atoms with Crippen LogP contribution in [0.25, 0.3) is 6.08 Å². The van der Waals surface area contributed by atoms with Gasteiger partial charge in [-0.15, -0.1) is 0 Å². The third-order valence-corrected chi connectivity index (χ3v) is 6.26. The lowest BCUT2D eigenvalue weighted by Gasteiger charge is -2.47. The summed E-state index contributed by atoms with van der Waals surface area (Å²) in [7, 11) is 1.37. The summed E-state index contributed by atoms with van der Waals surface area (Å²) in [5.74, 6) is 0.0422. The summed E-state index contributed by atoms with van der Waals surface area (Å²) in [6.45, 7) is 4.23. The van der Waals surface area contributed by atoms with Crippen LogP contribution in [0.3, 0.4) is 0 Å². The van der Waals surface area contributed by atoms with Crippen LogP contribution in [0.4, 0.5) is 0 Å². The molecule has 5 heteroatoms. The fourth-order valence-electron chi connectivity index (χ4n) is 4.78. The van der Waals surface area contributed by atoms with Crippen LogP contribution in [0.1, 0.15) is 41.0 Å². The van der Waals surface area contributed by atoms with Gasteiger partial charge in [-0.25, -0.2) is 4.79 Å². The first-order valence-electron chi connectivity index (χ1n) is 10.5. The predicted octanol–water partition coefficient (Wildman–Crippen LogP) is 4.47. The minimum atomic E-state index is -0.523. The van der Waals surface area contributed by atoms with Crippen LogP contribution in [-0.2, 0) is 16.7 Å². The number of nitrogens with one attached hydrogen (secondary N) is 1. The molecule has 2 aromatic rings. The molecule has 5 nitrogen and oxygen atoms in total. The number of aromatic nitrogens is 1. The minimum absolute atomic E-state index is 0.0770. The normalized spacial score (nSPS) is 25.8. The molecule has 0 amide bonds. The molecule has 3 atom stereocenters. The summed E-state index contributed by atoms with van der Waals surface area (Å²) in [5, 5.41) is 0. The Morgan fingerprint density at radius 1 is 1.19 bits per heavy atom. The largest absolute Gasteiger partial charge is 0.465 e. The second kappa shape index (κ2) is 8.34. The average molecular weight is 415 g/mol. The molecule has 1 aromatic heterocycles. The van der Waals surface area contributed by atoms with E-state index in [1.165, 1.54) is 12.7 Å². The number of benzene rings is 1. The van der Waals surface area contributed by atoms with Gasteiger partial charge >= 0.3 is 5.97 Å². The van der Waals surface area contributed by atoms with Gasteiger partial charge in [0.05, 0.1) is 12.7 Å². The summed E-state index contributed by atoms with van der Waals surface area (Å²) >= 11 is 0. The van der Waals surface area contributed by atoms with Crippen LogP contribution < -0.4 is 5.56 Å². The number of H-pyrrole nitrogens is 1. The molecule has 2 aliphatic rings. The zero-order valence-electron chi connectivity index (χ0n) is 18.0. The van der Waals surface area contributed by atoms with E-state index in [-0.39, 0.29) is 23.4 Å². The molecule has 2 bridgehead atoms. The monoisotopic (exact) mass is 414 g/mol. The minimum Gasteiger partial charge on any atom is -0.465 e. The van der Waals surface area contributed by atoms with E-state index < -0.39 is 5.54 Å². The zero-order valence-corrected chi connectivity index (χ0v) is 18.0. The molecule has 1 heterocycles. The average Bonchev–Trinajstić information content (AvgIpc) is 2.78. The maximum absolute atomic E-state index is 11.9. The fraction of sp³-hybridized carbons (Fsp3) is 0.269. The number of nitrogens with zero attached hydrogens (tertiary/aromatic N) is 1. The molecule has 0 saturated heterocycles. The van der Waals surface area contributed by atoms with Crippen molar-refractivity contribution in [3.63, 3.8) is 0 Å². The summed E-state index contributed by atoms with van der Waals surface area (Å²) in [4.78, 5) is 31.6. The molecule has 0 radical (unpaired) electrons. The number of pyridine rings is 1. The molecule has 3 unspecified atom stereocenters. The van der Waals surface area contributed by atoms with E-state index in [9.17, 15) is 9.59 Å². The van der Waals surface area contributed by atoms with Crippen molar-refractivity contribution in [2.24, 2.45) is 16.8 Å². The molecule has 0 saturated carbocycles. The van der Waals surface area contributed by atoms with Gasteiger partial charge in [0, 0.05) is 35.4 Å². The number of hydrogen-bond acceptors (Lipinski definition) is 4. The number of hydrogen-bond donors (Lipinski definition) is 1. The van der Waals surface area contributed by atoms with Gasteiger partial charge in [0.25, 0.3) is 0 Å². The molecule has 1 aromatic carbocycles. The Hall–Kier alpha value is -3.47. The maximum atomic E-state index is 11.9. The van der Waals surface area contributed by atoms with Crippen LogP contribution >= 0.6 is 0 Å². The van der Waals surface area contributed by atoms with Crippen molar-refractivity contribution < 1.29 is 9.53 Å². The van der Waals surface area contributed by atoms with E-state index in [2.05, 4.69) is 37.1 Å². The highest BCUT2D eigenvalue weighted by Gasteiger charge is 2.48. The Morgan fingerprint density at radius 2 is 1.97 bits per heavy atom. The smallest absolute Gasteiger partial charge is 0.337 e. The molecule has 31 heavy (non-hydrogen) atoms. The maximum Gasteiger partial charge on any atom is 0.337 e. The second-order valence-corrected chi connectivity index (χ2v) is 7.96. The number of aromatic amines is 1. The molecule has 1 N–H and O–H groups in total. The molecule has 0 spiro atoms. The molecule has 158 valence electrons. The van der Waals surface area contributed by atoms with E-state index in [4.69, 9.17) is 9.73 Å². The number of methoxy groups -OCH3 is 1. The summed E-state index contributed by atoms with van der Waals surface area (Å²) in [6.07, 6.45) is 13.1. The van der Waals surface area contributed by atoms with Gasteiger partial charge in [0.2, 0.25) is 5.56 Å². The first-order chi connectivity index (χ1) is 15.0. The van der Waals surface area contributed by atoms with E-state index in [1.807, 2.05) is 36.6 Å². The van der Waals surface area contributed by atoms with Gasteiger partial charge in [-0.05, 0) is 48.8 Å². The number of carbonyl (C=O) groups excluding carboxylic acids is 1. The van der Waals surface area contributed by atoms with Crippen LogP contribution in [-0.4, -0.2) is 24.3 Å². The van der Waals surface area contributed by atoms with Crippen LogP contribution in [0, 0.1) is 11.8 Å². The molecular formula is C26H26N2O3. The number of aliphatic imine (C=N–C) groups is 1. The Kier molecular flexibility index (Phi) is 5.59. The number of fused-ring (bicyclic) bond motifs is 4. The first-order valence-corrected chi connectivity index (χ1v) is 10.5. The Balaban J connectivity index is 1.69. The van der Waals surface area contributed by atoms with Gasteiger partial charge in [-0.3, -0.25) is 9.79 Å². The Labute approximate surface area is 181 Å². The van der Waals surface area contributed by atoms with E-state index in [1.54, 1.807) is 18.2 Å². The lowest BCUT2D eigenvalue weighted by molar-refractivity contribution is 0.0600. The number of carbonyl (C=O) groups is 1. The third kappa shape index (κ3) is 3.61. The van der Waals surface area contributed by atoms with Crippen molar-refractivity contribution in [2.75, 3.05) is 7.11 Å². The fourth-order valence-corrected chi connectivity index (χ4v) is 4.78. The number of allylic oxidation sites excluding steroid dienone is 3. The summed E-state index contributed by atoms with van der Waals surface area (Å²) in [5.41, 5.74) is 4.20. The van der Waals surface area contributed by atoms with Crippen molar-refractivity contribution in [2.45, 2.75) is 25.8 Å². The Morgan fingerprint density at radius 3 is 2.68 bits per heavy atom. The third-order valence-electron chi connectivity index (χ3n) is 6.26. The first kappa shape index (κ1) is 20.8. The molecule has 2 aliphatic carbocycles. The van der Waals surface area contributed by atoms with Crippen LogP contribution in [0.2, 0.25) is 0 Å². The highest BCUT2D eigenvalue weighted by atomic mass is 16.5. The number of esters is 1. The van der Waals surface area contributed by atoms with Crippen molar-refractivity contribution in [1.29, 1.82) is 0 Å². The summed E-state index contributed by atoms with van der Waals surface area (Å²) < 4.78 is 4.74. The second-order valence-electron chi connectivity index (χ2n) is 7.96. The molecular weight excluding hydrogens is 388 g/mol. The van der Waals surface area contributed by atoms with Gasteiger partial charge in [0.15, 0.2) is 0 Å². The van der Waals surface area contributed by atoms with Crippen LogP contribution in [0.15, 0.2) is 76.1 Å². The Bertz CT molecular complexity index is 1170. The zero-order chi connectivity index (χ0) is 22.0. The van der Waals surface area contributed by atoms with E-state index in [0.29, 0.717) is 5.56 Å². The van der Waals surface area contributed by atoms with Gasteiger partial charge in [-0.2, -0.15) is 0 Å². The van der Waals surface area contributed by atoms with Crippen molar-refractivity contribution in [3.05, 3.63) is 99.0 Å². The molecule has 4 rings (SSSR count). The lowest BCUT2D eigenvalue weighted by atomic mass is 9.61. The SMILES string of the molecule is CC=C1C2C=CC(C)C1(N=C/C=C/c1ccc(C(=O)OC)cc1)c1ccc(=O)[nH]c1C2. The molecule has 0 aliphatic heterocycles. The highest BCUT2D eigenvalue weighted by Crippen LogP contribution is 2.52. The van der Waals surface area contributed by atoms with E-state index >= 15 is 0 Å².